The van der Waals surface area contributed by atoms with Crippen molar-refractivity contribution in [3.05, 3.63) is 36.4 Å². The zero-order valence-electron chi connectivity index (χ0n) is 14.9. The molecule has 3 rings (SSSR count). The zero-order chi connectivity index (χ0) is 18.2. The number of rotatable bonds is 5. The summed E-state index contributed by atoms with van der Waals surface area (Å²) in [5, 5.41) is 6.95. The van der Waals surface area contributed by atoms with Gasteiger partial charge in [0.05, 0.1) is 13.2 Å². The fraction of sp³-hybridized carbons (Fsp3) is 0.421. The quantitative estimate of drug-likeness (QED) is 0.599. The topological polar surface area (TPSA) is 68.3 Å². The van der Waals surface area contributed by atoms with Crippen molar-refractivity contribution in [1.29, 1.82) is 0 Å². The van der Waals surface area contributed by atoms with Gasteiger partial charge in [0, 0.05) is 6.04 Å². The van der Waals surface area contributed by atoms with Crippen molar-refractivity contribution < 1.29 is 9.47 Å². The van der Waals surface area contributed by atoms with E-state index in [4.69, 9.17) is 21.7 Å². The minimum atomic E-state index is 0.349. The molecule has 1 heterocycles. The highest BCUT2D eigenvalue weighted by Gasteiger charge is 2.14. The van der Waals surface area contributed by atoms with E-state index < -0.39 is 0 Å². The van der Waals surface area contributed by atoms with E-state index in [1.807, 2.05) is 30.3 Å². The maximum atomic E-state index is 5.77. The average molecular weight is 372 g/mol. The molecule has 0 bridgehead atoms. The number of hydrogen-bond donors (Lipinski definition) is 2. The van der Waals surface area contributed by atoms with Crippen LogP contribution in [0.1, 0.15) is 38.5 Å². The number of thiocarbonyl (C=S) groups is 1. The Balaban J connectivity index is 1.66. The summed E-state index contributed by atoms with van der Waals surface area (Å²) >= 11 is 5.43. The number of benzene rings is 1. The largest absolute Gasteiger partial charge is 0.481 e. The van der Waals surface area contributed by atoms with Crippen LogP contribution in [0.3, 0.4) is 0 Å². The van der Waals surface area contributed by atoms with Crippen molar-refractivity contribution in [3.63, 3.8) is 0 Å². The number of nitrogens with zero attached hydrogens (tertiary/aromatic N) is 2. The molecule has 1 saturated carbocycles. The van der Waals surface area contributed by atoms with Gasteiger partial charge in [0.1, 0.15) is 5.75 Å². The fourth-order valence-electron chi connectivity index (χ4n) is 2.97. The fourth-order valence-corrected chi connectivity index (χ4v) is 3.23. The van der Waals surface area contributed by atoms with Crippen LogP contribution >= 0.6 is 12.2 Å². The van der Waals surface area contributed by atoms with Crippen LogP contribution in [0.15, 0.2) is 36.4 Å². The molecule has 0 amide bonds. The van der Waals surface area contributed by atoms with Crippen molar-refractivity contribution >= 4 is 23.3 Å². The molecule has 0 aliphatic heterocycles. The van der Waals surface area contributed by atoms with E-state index in [1.165, 1.54) is 25.7 Å². The lowest BCUT2D eigenvalue weighted by atomic mass is 10.1. The van der Waals surface area contributed by atoms with Gasteiger partial charge in [0.25, 0.3) is 0 Å². The lowest BCUT2D eigenvalue weighted by Crippen LogP contribution is -2.37. The molecule has 7 heteroatoms. The molecule has 1 aromatic heterocycles. The van der Waals surface area contributed by atoms with Gasteiger partial charge in [-0.15, -0.1) is 0 Å². The molecular weight excluding hydrogens is 348 g/mol. The van der Waals surface area contributed by atoms with Gasteiger partial charge in [-0.05, 0) is 37.2 Å². The third-order valence-electron chi connectivity index (χ3n) is 4.27. The van der Waals surface area contributed by atoms with Crippen LogP contribution in [0.25, 0.3) is 0 Å². The Labute approximate surface area is 159 Å². The number of para-hydroxylation sites is 1. The van der Waals surface area contributed by atoms with Gasteiger partial charge in [-0.1, -0.05) is 43.9 Å². The van der Waals surface area contributed by atoms with Crippen molar-refractivity contribution in [2.75, 3.05) is 12.4 Å². The third kappa shape index (κ3) is 5.56. The lowest BCUT2D eigenvalue weighted by Gasteiger charge is -2.18. The Morgan fingerprint density at radius 1 is 1.04 bits per heavy atom. The van der Waals surface area contributed by atoms with E-state index >= 15 is 0 Å². The van der Waals surface area contributed by atoms with Gasteiger partial charge in [0.15, 0.2) is 5.11 Å². The van der Waals surface area contributed by atoms with Gasteiger partial charge in [-0.2, -0.15) is 9.97 Å². The van der Waals surface area contributed by atoms with E-state index in [9.17, 15) is 0 Å². The second-order valence-electron chi connectivity index (χ2n) is 6.27. The molecule has 0 saturated heterocycles. The predicted molar refractivity (Wildman–Crippen MR) is 106 cm³/mol. The normalized spacial score (nSPS) is 15.0. The lowest BCUT2D eigenvalue weighted by molar-refractivity contribution is 0.389. The van der Waals surface area contributed by atoms with Crippen molar-refractivity contribution in [3.8, 4) is 17.5 Å². The van der Waals surface area contributed by atoms with Gasteiger partial charge in [-0.25, -0.2) is 0 Å². The molecule has 1 aromatic carbocycles. The van der Waals surface area contributed by atoms with Crippen LogP contribution in [-0.4, -0.2) is 28.2 Å². The summed E-state index contributed by atoms with van der Waals surface area (Å²) in [7, 11) is 1.56. The third-order valence-corrected chi connectivity index (χ3v) is 4.49. The Hall–Kier alpha value is -2.41. The summed E-state index contributed by atoms with van der Waals surface area (Å²) in [5.41, 5.74) is 0. The first-order valence-electron chi connectivity index (χ1n) is 8.96. The summed E-state index contributed by atoms with van der Waals surface area (Å²) in [6.45, 7) is 0. The number of methoxy groups -OCH3 is 1. The van der Waals surface area contributed by atoms with Gasteiger partial charge in [0.2, 0.25) is 17.7 Å². The summed E-state index contributed by atoms with van der Waals surface area (Å²) in [4.78, 5) is 8.67. The van der Waals surface area contributed by atoms with Gasteiger partial charge < -0.3 is 20.1 Å². The Morgan fingerprint density at radius 2 is 1.73 bits per heavy atom. The molecule has 0 radical (unpaired) electrons. The number of hydrogen-bond acceptors (Lipinski definition) is 5. The first-order valence-corrected chi connectivity index (χ1v) is 9.37. The second kappa shape index (κ2) is 9.33. The van der Waals surface area contributed by atoms with Crippen LogP contribution in [0.4, 0.5) is 5.95 Å². The monoisotopic (exact) mass is 372 g/mol. The maximum absolute atomic E-state index is 5.77. The molecular formula is C19H24N4O2S. The van der Waals surface area contributed by atoms with E-state index in [1.54, 1.807) is 13.2 Å². The maximum Gasteiger partial charge on any atom is 0.235 e. The number of aromatic nitrogens is 2. The Kier molecular flexibility index (Phi) is 6.60. The SMILES string of the molecule is COc1cc(Oc2ccccc2)nc(NC(=S)NC2CCCCCC2)n1. The molecule has 0 unspecified atom stereocenters. The van der Waals surface area contributed by atoms with Crippen LogP contribution < -0.4 is 20.1 Å². The molecule has 0 atom stereocenters. The van der Waals surface area contributed by atoms with Gasteiger partial charge in [-0.3, -0.25) is 0 Å². The zero-order valence-corrected chi connectivity index (χ0v) is 15.7. The summed E-state index contributed by atoms with van der Waals surface area (Å²) in [6, 6.07) is 11.5. The van der Waals surface area contributed by atoms with Crippen molar-refractivity contribution in [2.24, 2.45) is 0 Å². The molecule has 2 aromatic rings. The van der Waals surface area contributed by atoms with Gasteiger partial charge >= 0.3 is 0 Å². The Bertz CT molecular complexity index is 719. The predicted octanol–water partition coefficient (Wildman–Crippen LogP) is 4.29. The van der Waals surface area contributed by atoms with E-state index in [2.05, 4.69) is 20.6 Å². The first-order chi connectivity index (χ1) is 12.7. The van der Waals surface area contributed by atoms with E-state index in [0.717, 1.165) is 12.8 Å². The van der Waals surface area contributed by atoms with Crippen molar-refractivity contribution in [2.45, 2.75) is 44.6 Å². The van der Waals surface area contributed by atoms with Crippen LogP contribution in [0.2, 0.25) is 0 Å². The summed E-state index contributed by atoms with van der Waals surface area (Å²) in [5.74, 6) is 1.84. The van der Waals surface area contributed by atoms with Crippen LogP contribution in [0, 0.1) is 0 Å². The summed E-state index contributed by atoms with van der Waals surface area (Å²) in [6.07, 6.45) is 7.37. The molecule has 0 spiro atoms. The molecule has 2 N–H and O–H groups in total. The molecule has 1 fully saturated rings. The number of ether oxygens (including phenoxy) is 2. The van der Waals surface area contributed by atoms with Crippen LogP contribution in [-0.2, 0) is 0 Å². The highest BCUT2D eigenvalue weighted by molar-refractivity contribution is 7.80. The number of nitrogens with one attached hydrogen (secondary N) is 2. The average Bonchev–Trinajstić information content (AvgIpc) is 2.91. The van der Waals surface area contributed by atoms with Crippen LogP contribution in [0.5, 0.6) is 17.5 Å². The number of anilines is 1. The molecule has 1 aliphatic carbocycles. The standard InChI is InChI=1S/C19H24N4O2S/c1-24-16-13-17(25-15-11-7-4-8-12-15)22-18(21-16)23-19(26)20-14-9-5-2-3-6-10-14/h4,7-8,11-14H,2-3,5-6,9-10H2,1H3,(H2,20,21,22,23,26). The minimum absolute atomic E-state index is 0.349. The van der Waals surface area contributed by atoms with Crippen molar-refractivity contribution in [1.82, 2.24) is 15.3 Å². The summed E-state index contributed by atoms with van der Waals surface area (Å²) < 4.78 is 11.0. The highest BCUT2D eigenvalue weighted by Crippen LogP contribution is 2.23. The van der Waals surface area contributed by atoms with E-state index in [-0.39, 0.29) is 0 Å². The molecule has 1 aliphatic rings. The smallest absolute Gasteiger partial charge is 0.235 e. The minimum Gasteiger partial charge on any atom is -0.481 e. The Morgan fingerprint density at radius 3 is 2.42 bits per heavy atom. The van der Waals surface area contributed by atoms with E-state index in [0.29, 0.717) is 34.6 Å². The molecule has 26 heavy (non-hydrogen) atoms. The molecule has 138 valence electrons. The second-order valence-corrected chi connectivity index (χ2v) is 6.68. The highest BCUT2D eigenvalue weighted by atomic mass is 32.1. The molecule has 6 nitrogen and oxygen atoms in total. The first kappa shape index (κ1) is 18.4.